The van der Waals surface area contributed by atoms with E-state index in [2.05, 4.69) is 9.46 Å². The largest absolute Gasteiger partial charge is 0.453 e. The first-order chi connectivity index (χ1) is 7.84. The number of hydrogen-bond donors (Lipinski definition) is 1. The first-order valence-corrected chi connectivity index (χ1v) is 7.32. The van der Waals surface area contributed by atoms with Crippen molar-refractivity contribution in [1.82, 2.24) is 9.62 Å². The minimum absolute atomic E-state index is 0.0885. The molecule has 1 rings (SSSR count). The van der Waals surface area contributed by atoms with Gasteiger partial charge in [0.25, 0.3) is 0 Å². The van der Waals surface area contributed by atoms with Crippen LogP contribution >= 0.6 is 0 Å². The molecule has 7 heteroatoms. The van der Waals surface area contributed by atoms with E-state index in [1.54, 1.807) is 0 Å². The van der Waals surface area contributed by atoms with Crippen LogP contribution in [0, 0.1) is 5.92 Å². The summed E-state index contributed by atoms with van der Waals surface area (Å²) in [4.78, 5) is 12.7. The van der Waals surface area contributed by atoms with Crippen LogP contribution in [0.4, 0.5) is 4.79 Å². The summed E-state index contributed by atoms with van der Waals surface area (Å²) in [5.74, 6) is 0.201. The summed E-state index contributed by atoms with van der Waals surface area (Å²) < 4.78 is 30.6. The number of methoxy groups -OCH3 is 1. The van der Waals surface area contributed by atoms with Crippen molar-refractivity contribution >= 4 is 16.1 Å². The lowest BCUT2D eigenvalue weighted by Crippen LogP contribution is -2.40. The predicted molar refractivity (Wildman–Crippen MR) is 64.1 cm³/mol. The summed E-state index contributed by atoms with van der Waals surface area (Å²) >= 11 is 0. The Labute approximate surface area is 102 Å². The average Bonchev–Trinajstić information content (AvgIpc) is 2.61. The number of amides is 1. The first-order valence-electron chi connectivity index (χ1n) is 5.67. The van der Waals surface area contributed by atoms with Gasteiger partial charge in [0.15, 0.2) is 0 Å². The molecule has 1 fully saturated rings. The van der Waals surface area contributed by atoms with Crippen LogP contribution in [0.5, 0.6) is 0 Å². The summed E-state index contributed by atoms with van der Waals surface area (Å²) in [6.07, 6.45) is 0.224. The average molecular weight is 264 g/mol. The molecule has 0 unspecified atom stereocenters. The van der Waals surface area contributed by atoms with Gasteiger partial charge in [0, 0.05) is 19.1 Å². The minimum atomic E-state index is -3.25. The highest BCUT2D eigenvalue weighted by Gasteiger charge is 2.29. The van der Waals surface area contributed by atoms with Crippen molar-refractivity contribution in [3.05, 3.63) is 0 Å². The predicted octanol–water partition coefficient (Wildman–Crippen LogP) is 0.403. The van der Waals surface area contributed by atoms with Crippen LogP contribution in [-0.4, -0.2) is 51.4 Å². The summed E-state index contributed by atoms with van der Waals surface area (Å²) in [6.45, 7) is 4.62. The van der Waals surface area contributed by atoms with Crippen molar-refractivity contribution in [2.75, 3.05) is 26.0 Å². The van der Waals surface area contributed by atoms with E-state index in [1.165, 1.54) is 12.0 Å². The van der Waals surface area contributed by atoms with E-state index in [9.17, 15) is 13.2 Å². The third-order valence-electron chi connectivity index (χ3n) is 2.52. The van der Waals surface area contributed by atoms with Crippen molar-refractivity contribution in [3.63, 3.8) is 0 Å². The molecule has 0 aliphatic carbocycles. The zero-order chi connectivity index (χ0) is 13.1. The van der Waals surface area contributed by atoms with E-state index < -0.39 is 16.1 Å². The van der Waals surface area contributed by atoms with E-state index >= 15 is 0 Å². The van der Waals surface area contributed by atoms with Crippen LogP contribution in [-0.2, 0) is 14.8 Å². The first kappa shape index (κ1) is 14.2. The standard InChI is InChI=1S/C10H20N2O4S/c1-8(2)7-17(14,15)11-9-4-5-12(6-9)10(13)16-3/h8-9,11H,4-7H2,1-3H3/t9-/m0/s1. The molecule has 1 aliphatic heterocycles. The van der Waals surface area contributed by atoms with Gasteiger partial charge < -0.3 is 9.64 Å². The number of sulfonamides is 1. The van der Waals surface area contributed by atoms with Gasteiger partial charge >= 0.3 is 6.09 Å². The molecular weight excluding hydrogens is 244 g/mol. The Kier molecular flexibility index (Phi) is 4.76. The van der Waals surface area contributed by atoms with Gasteiger partial charge in [0.1, 0.15) is 0 Å². The lowest BCUT2D eigenvalue weighted by molar-refractivity contribution is 0.132. The molecule has 1 atom stereocenters. The van der Waals surface area contributed by atoms with E-state index in [1.807, 2.05) is 13.8 Å². The number of hydrogen-bond acceptors (Lipinski definition) is 4. The maximum Gasteiger partial charge on any atom is 0.409 e. The fourth-order valence-electron chi connectivity index (χ4n) is 1.89. The van der Waals surface area contributed by atoms with Gasteiger partial charge in [0.05, 0.1) is 12.9 Å². The molecule has 1 saturated heterocycles. The molecule has 0 aromatic carbocycles. The van der Waals surface area contributed by atoms with Crippen LogP contribution in [0.3, 0.4) is 0 Å². The van der Waals surface area contributed by atoms with E-state index in [-0.39, 0.29) is 17.7 Å². The Morgan fingerprint density at radius 1 is 1.53 bits per heavy atom. The van der Waals surface area contributed by atoms with Gasteiger partial charge in [0.2, 0.25) is 10.0 Å². The number of carbonyl (C=O) groups is 1. The molecule has 0 aromatic rings. The molecular formula is C10H20N2O4S. The molecule has 1 aliphatic rings. The van der Waals surface area contributed by atoms with Crippen molar-refractivity contribution in [2.24, 2.45) is 5.92 Å². The van der Waals surface area contributed by atoms with E-state index in [0.29, 0.717) is 19.5 Å². The highest BCUT2D eigenvalue weighted by molar-refractivity contribution is 7.89. The molecule has 0 aromatic heterocycles. The summed E-state index contributed by atoms with van der Waals surface area (Å²) in [6, 6.07) is -0.196. The van der Waals surface area contributed by atoms with Crippen LogP contribution in [0.2, 0.25) is 0 Å². The van der Waals surface area contributed by atoms with Crippen LogP contribution in [0.25, 0.3) is 0 Å². The van der Waals surface area contributed by atoms with Gasteiger partial charge in [-0.25, -0.2) is 17.9 Å². The maximum atomic E-state index is 11.7. The lowest BCUT2D eigenvalue weighted by atomic mass is 10.3. The topological polar surface area (TPSA) is 75.7 Å². The molecule has 100 valence electrons. The second-order valence-electron chi connectivity index (χ2n) is 4.69. The molecule has 0 radical (unpaired) electrons. The lowest BCUT2D eigenvalue weighted by Gasteiger charge is -2.16. The Balaban J connectivity index is 2.48. The van der Waals surface area contributed by atoms with E-state index in [0.717, 1.165) is 0 Å². The zero-order valence-corrected chi connectivity index (χ0v) is 11.3. The Morgan fingerprint density at radius 2 is 2.18 bits per heavy atom. The highest BCUT2D eigenvalue weighted by Crippen LogP contribution is 2.12. The van der Waals surface area contributed by atoms with Crippen LogP contribution in [0.15, 0.2) is 0 Å². The number of carbonyl (C=O) groups excluding carboxylic acids is 1. The van der Waals surface area contributed by atoms with Gasteiger partial charge in [-0.05, 0) is 12.3 Å². The third kappa shape index (κ3) is 4.51. The fraction of sp³-hybridized carbons (Fsp3) is 0.900. The smallest absolute Gasteiger partial charge is 0.409 e. The minimum Gasteiger partial charge on any atom is -0.453 e. The fourth-order valence-corrected chi connectivity index (χ4v) is 3.57. The number of nitrogens with one attached hydrogen (secondary N) is 1. The van der Waals surface area contributed by atoms with Gasteiger partial charge in [-0.2, -0.15) is 0 Å². The molecule has 1 N–H and O–H groups in total. The Bertz CT molecular complexity index is 367. The zero-order valence-electron chi connectivity index (χ0n) is 10.5. The Hall–Kier alpha value is -0.820. The second kappa shape index (κ2) is 5.68. The van der Waals surface area contributed by atoms with Crippen molar-refractivity contribution in [3.8, 4) is 0 Å². The molecule has 6 nitrogen and oxygen atoms in total. The number of ether oxygens (including phenoxy) is 1. The van der Waals surface area contributed by atoms with Crippen molar-refractivity contribution < 1.29 is 17.9 Å². The van der Waals surface area contributed by atoms with Gasteiger partial charge in [-0.15, -0.1) is 0 Å². The SMILES string of the molecule is COC(=O)N1CC[C@H](NS(=O)(=O)CC(C)C)C1. The van der Waals surface area contributed by atoms with Crippen molar-refractivity contribution in [1.29, 1.82) is 0 Å². The Morgan fingerprint density at radius 3 is 2.71 bits per heavy atom. The van der Waals surface area contributed by atoms with Crippen molar-refractivity contribution in [2.45, 2.75) is 26.3 Å². The molecule has 1 heterocycles. The molecule has 0 bridgehead atoms. The third-order valence-corrected chi connectivity index (χ3v) is 4.32. The highest BCUT2D eigenvalue weighted by atomic mass is 32.2. The second-order valence-corrected chi connectivity index (χ2v) is 6.49. The van der Waals surface area contributed by atoms with Gasteiger partial charge in [-0.1, -0.05) is 13.8 Å². The van der Waals surface area contributed by atoms with Crippen LogP contribution in [0.1, 0.15) is 20.3 Å². The number of likely N-dealkylation sites (tertiary alicyclic amines) is 1. The molecule has 17 heavy (non-hydrogen) atoms. The molecule has 1 amide bonds. The quantitative estimate of drug-likeness (QED) is 0.797. The number of rotatable bonds is 4. The van der Waals surface area contributed by atoms with E-state index in [4.69, 9.17) is 0 Å². The normalized spacial score (nSPS) is 20.9. The monoisotopic (exact) mass is 264 g/mol. The molecule has 0 saturated carbocycles. The summed E-state index contributed by atoms with van der Waals surface area (Å²) in [5.41, 5.74) is 0. The van der Waals surface area contributed by atoms with Gasteiger partial charge in [-0.3, -0.25) is 0 Å². The van der Waals surface area contributed by atoms with Crippen LogP contribution < -0.4 is 4.72 Å². The summed E-state index contributed by atoms with van der Waals surface area (Å²) in [5, 5.41) is 0. The summed E-state index contributed by atoms with van der Waals surface area (Å²) in [7, 11) is -1.93. The molecule has 0 spiro atoms. The number of nitrogens with zero attached hydrogens (tertiary/aromatic N) is 1. The maximum absolute atomic E-state index is 11.7.